The van der Waals surface area contributed by atoms with Crippen molar-refractivity contribution in [1.82, 2.24) is 0 Å². The standard InChI is InChI=1S/C11H11ClF2O2/c12-8-6-10(14)9(13)5-7(8)3-1-2-4-11(15)16/h5-6H,1-4H2,(H,15,16). The lowest BCUT2D eigenvalue weighted by molar-refractivity contribution is -0.137. The van der Waals surface area contributed by atoms with E-state index in [0.717, 1.165) is 12.1 Å². The Kier molecular flexibility index (Phi) is 4.68. The molecule has 1 aromatic rings. The molecule has 0 aliphatic heterocycles. The summed E-state index contributed by atoms with van der Waals surface area (Å²) in [6, 6.07) is 1.99. The third-order valence-electron chi connectivity index (χ3n) is 2.18. The maximum Gasteiger partial charge on any atom is 0.303 e. The van der Waals surface area contributed by atoms with Gasteiger partial charge in [-0.3, -0.25) is 4.79 Å². The molecule has 1 rings (SSSR count). The van der Waals surface area contributed by atoms with Crippen molar-refractivity contribution >= 4 is 17.6 Å². The van der Waals surface area contributed by atoms with Crippen molar-refractivity contribution in [3.63, 3.8) is 0 Å². The summed E-state index contributed by atoms with van der Waals surface area (Å²) in [5.74, 6) is -2.77. The van der Waals surface area contributed by atoms with Gasteiger partial charge in [0.15, 0.2) is 11.6 Å². The zero-order chi connectivity index (χ0) is 12.1. The predicted octanol–water partition coefficient (Wildman–Crippen LogP) is 3.42. The predicted molar refractivity (Wildman–Crippen MR) is 56.6 cm³/mol. The second kappa shape index (κ2) is 5.80. The maximum atomic E-state index is 12.9. The van der Waals surface area contributed by atoms with Gasteiger partial charge in [0.05, 0.1) is 0 Å². The zero-order valence-corrected chi connectivity index (χ0v) is 9.23. The van der Waals surface area contributed by atoms with Crippen LogP contribution in [0.1, 0.15) is 24.8 Å². The van der Waals surface area contributed by atoms with E-state index in [0.29, 0.717) is 24.8 Å². The summed E-state index contributed by atoms with van der Waals surface area (Å²) in [7, 11) is 0. The number of rotatable bonds is 5. The second-order valence-electron chi connectivity index (χ2n) is 3.46. The molecule has 0 spiro atoms. The first-order valence-electron chi connectivity index (χ1n) is 4.86. The first-order chi connectivity index (χ1) is 7.50. The van der Waals surface area contributed by atoms with Gasteiger partial charge in [0, 0.05) is 11.4 Å². The number of unbranched alkanes of at least 4 members (excludes halogenated alkanes) is 1. The minimum Gasteiger partial charge on any atom is -0.481 e. The van der Waals surface area contributed by atoms with Crippen LogP contribution >= 0.6 is 11.6 Å². The SMILES string of the molecule is O=C(O)CCCCc1cc(F)c(F)cc1Cl. The minimum absolute atomic E-state index is 0.0707. The van der Waals surface area contributed by atoms with Gasteiger partial charge in [0.2, 0.25) is 0 Å². The molecule has 1 aromatic carbocycles. The Hall–Kier alpha value is -1.16. The van der Waals surface area contributed by atoms with Crippen molar-refractivity contribution in [2.45, 2.75) is 25.7 Å². The van der Waals surface area contributed by atoms with Crippen LogP contribution in [0.5, 0.6) is 0 Å². The molecule has 1 N–H and O–H groups in total. The van der Waals surface area contributed by atoms with E-state index < -0.39 is 17.6 Å². The highest BCUT2D eigenvalue weighted by Crippen LogP contribution is 2.21. The summed E-state index contributed by atoms with van der Waals surface area (Å²) < 4.78 is 25.6. The van der Waals surface area contributed by atoms with E-state index >= 15 is 0 Å². The molecular weight excluding hydrogens is 238 g/mol. The van der Waals surface area contributed by atoms with Gasteiger partial charge in [-0.2, -0.15) is 0 Å². The molecule has 2 nitrogen and oxygen atoms in total. The average Bonchev–Trinajstić information content (AvgIpc) is 2.19. The van der Waals surface area contributed by atoms with Gasteiger partial charge in [-0.25, -0.2) is 8.78 Å². The largest absolute Gasteiger partial charge is 0.481 e. The molecule has 0 aromatic heterocycles. The molecule has 0 amide bonds. The summed E-state index contributed by atoms with van der Waals surface area (Å²) in [6.45, 7) is 0. The monoisotopic (exact) mass is 248 g/mol. The number of aliphatic carboxylic acids is 1. The van der Waals surface area contributed by atoms with Crippen molar-refractivity contribution in [2.24, 2.45) is 0 Å². The highest BCUT2D eigenvalue weighted by Gasteiger charge is 2.08. The Morgan fingerprint density at radius 1 is 1.25 bits per heavy atom. The number of carboxylic acids is 1. The van der Waals surface area contributed by atoms with Gasteiger partial charge in [0.25, 0.3) is 0 Å². The third-order valence-corrected chi connectivity index (χ3v) is 2.53. The average molecular weight is 249 g/mol. The number of benzene rings is 1. The third kappa shape index (κ3) is 3.77. The van der Waals surface area contributed by atoms with Crippen molar-refractivity contribution in [3.05, 3.63) is 34.4 Å². The lowest BCUT2D eigenvalue weighted by atomic mass is 10.1. The van der Waals surface area contributed by atoms with Crippen molar-refractivity contribution in [2.75, 3.05) is 0 Å². The Morgan fingerprint density at radius 3 is 2.50 bits per heavy atom. The molecular formula is C11H11ClF2O2. The second-order valence-corrected chi connectivity index (χ2v) is 3.87. The fourth-order valence-corrected chi connectivity index (χ4v) is 1.59. The lowest BCUT2D eigenvalue weighted by Gasteiger charge is -2.04. The van der Waals surface area contributed by atoms with Crippen molar-refractivity contribution < 1.29 is 18.7 Å². The number of halogens is 3. The number of aryl methyl sites for hydroxylation is 1. The Morgan fingerprint density at radius 2 is 1.88 bits per heavy atom. The Balaban J connectivity index is 2.54. The van der Waals surface area contributed by atoms with Gasteiger partial charge in [-0.1, -0.05) is 11.6 Å². The van der Waals surface area contributed by atoms with E-state index in [1.165, 1.54) is 0 Å². The van der Waals surface area contributed by atoms with Crippen LogP contribution in [0.4, 0.5) is 8.78 Å². The van der Waals surface area contributed by atoms with Crippen LogP contribution in [-0.2, 0) is 11.2 Å². The topological polar surface area (TPSA) is 37.3 Å². The van der Waals surface area contributed by atoms with Gasteiger partial charge in [0.1, 0.15) is 0 Å². The molecule has 0 fully saturated rings. The van der Waals surface area contributed by atoms with Gasteiger partial charge >= 0.3 is 5.97 Å². The summed E-state index contributed by atoms with van der Waals surface area (Å²) in [4.78, 5) is 10.2. The van der Waals surface area contributed by atoms with Gasteiger partial charge in [-0.05, 0) is 37.0 Å². The van der Waals surface area contributed by atoms with Crippen molar-refractivity contribution in [3.8, 4) is 0 Å². The van der Waals surface area contributed by atoms with Crippen LogP contribution in [0.15, 0.2) is 12.1 Å². The summed E-state index contributed by atoms with van der Waals surface area (Å²) in [5.41, 5.74) is 0.506. The van der Waals surface area contributed by atoms with Crippen LogP contribution in [0.2, 0.25) is 5.02 Å². The van der Waals surface area contributed by atoms with E-state index in [-0.39, 0.29) is 11.4 Å². The number of carboxylic acid groups (broad SMARTS) is 1. The van der Waals surface area contributed by atoms with E-state index in [4.69, 9.17) is 16.7 Å². The van der Waals surface area contributed by atoms with Gasteiger partial charge < -0.3 is 5.11 Å². The molecule has 0 unspecified atom stereocenters. The summed E-state index contributed by atoms with van der Waals surface area (Å²) >= 11 is 5.72. The highest BCUT2D eigenvalue weighted by molar-refractivity contribution is 6.31. The molecule has 0 atom stereocenters. The van der Waals surface area contributed by atoms with Crippen LogP contribution in [0.3, 0.4) is 0 Å². The quantitative estimate of drug-likeness (QED) is 0.640. The van der Waals surface area contributed by atoms with Crippen LogP contribution < -0.4 is 0 Å². The maximum absolute atomic E-state index is 12.9. The van der Waals surface area contributed by atoms with E-state index in [1.807, 2.05) is 0 Å². The fourth-order valence-electron chi connectivity index (χ4n) is 1.35. The molecule has 0 saturated heterocycles. The molecule has 5 heteroatoms. The molecule has 16 heavy (non-hydrogen) atoms. The number of carbonyl (C=O) groups is 1. The zero-order valence-electron chi connectivity index (χ0n) is 8.47. The molecule has 88 valence electrons. The Labute approximate surface area is 96.8 Å². The molecule has 0 heterocycles. The van der Waals surface area contributed by atoms with Crippen LogP contribution in [0.25, 0.3) is 0 Å². The summed E-state index contributed by atoms with van der Waals surface area (Å²) in [5, 5.41) is 8.59. The van der Waals surface area contributed by atoms with Crippen LogP contribution in [-0.4, -0.2) is 11.1 Å². The Bertz CT molecular complexity index is 394. The molecule has 0 bridgehead atoms. The lowest BCUT2D eigenvalue weighted by Crippen LogP contribution is -1.96. The fraction of sp³-hybridized carbons (Fsp3) is 0.364. The smallest absolute Gasteiger partial charge is 0.303 e. The van der Waals surface area contributed by atoms with E-state index in [1.54, 1.807) is 0 Å². The molecule has 0 aliphatic carbocycles. The number of hydrogen-bond donors (Lipinski definition) is 1. The summed E-state index contributed by atoms with van der Waals surface area (Å²) in [6.07, 6.45) is 1.59. The van der Waals surface area contributed by atoms with Crippen LogP contribution in [0, 0.1) is 11.6 Å². The normalized spacial score (nSPS) is 10.4. The molecule has 0 radical (unpaired) electrons. The van der Waals surface area contributed by atoms with Gasteiger partial charge in [-0.15, -0.1) is 0 Å². The van der Waals surface area contributed by atoms with E-state index in [9.17, 15) is 13.6 Å². The minimum atomic E-state index is -0.973. The highest BCUT2D eigenvalue weighted by atomic mass is 35.5. The first kappa shape index (κ1) is 12.9. The van der Waals surface area contributed by atoms with Crippen molar-refractivity contribution in [1.29, 1.82) is 0 Å². The first-order valence-corrected chi connectivity index (χ1v) is 5.23. The molecule has 0 aliphatic rings. The van der Waals surface area contributed by atoms with E-state index in [2.05, 4.69) is 0 Å². The number of hydrogen-bond acceptors (Lipinski definition) is 1. The molecule has 0 saturated carbocycles.